The van der Waals surface area contributed by atoms with Crippen molar-refractivity contribution in [3.63, 3.8) is 0 Å². The van der Waals surface area contributed by atoms with Gasteiger partial charge < -0.3 is 20.9 Å². The number of nitrogens with one attached hydrogen (secondary N) is 3. The molecule has 27 heavy (non-hydrogen) atoms. The second-order valence-electron chi connectivity index (χ2n) is 7.30. The lowest BCUT2D eigenvalue weighted by molar-refractivity contribution is -0.123. The highest BCUT2D eigenvalue weighted by Gasteiger charge is 2.24. The number of nitrogens with zero attached hydrogens (tertiary/aromatic N) is 1. The molecular weight excluding hydrogens is 364 g/mol. The van der Waals surface area contributed by atoms with Gasteiger partial charge in [0.25, 0.3) is 5.91 Å². The van der Waals surface area contributed by atoms with Crippen LogP contribution in [0.4, 0.5) is 0 Å². The first-order chi connectivity index (χ1) is 12.5. The van der Waals surface area contributed by atoms with E-state index in [0.717, 1.165) is 44.7 Å². The molecule has 1 saturated heterocycles. The average molecular weight is 397 g/mol. The van der Waals surface area contributed by atoms with Gasteiger partial charge in [-0.3, -0.25) is 9.59 Å². The first-order valence-corrected chi connectivity index (χ1v) is 9.55. The Balaban J connectivity index is 0.00000364. The number of hydrogen-bond acceptors (Lipinski definition) is 4. The summed E-state index contributed by atoms with van der Waals surface area (Å²) < 4.78 is 0. The van der Waals surface area contributed by atoms with Crippen LogP contribution in [0.15, 0.2) is 24.3 Å². The quantitative estimate of drug-likeness (QED) is 0.583. The number of benzene rings is 1. The standard InChI is InChI=1S/C20H32N4O2.ClH/c1-15(2)18(23-19(25)17-7-4-6-16(3)14-17)20(26)22-8-5-11-24-12-9-21-10-13-24;/h4,6-7,14-15,18,21H,5,8-13H2,1-3H3,(H,22,26)(H,23,25);1H. The zero-order valence-electron chi connectivity index (χ0n) is 16.6. The fraction of sp³-hybridized carbons (Fsp3) is 0.600. The molecule has 1 aliphatic rings. The molecule has 1 aliphatic heterocycles. The fourth-order valence-electron chi connectivity index (χ4n) is 3.10. The lowest BCUT2D eigenvalue weighted by atomic mass is 10.0. The van der Waals surface area contributed by atoms with Crippen molar-refractivity contribution in [1.82, 2.24) is 20.9 Å². The van der Waals surface area contributed by atoms with E-state index >= 15 is 0 Å². The third-order valence-corrected chi connectivity index (χ3v) is 4.68. The number of carbonyl (C=O) groups is 2. The van der Waals surface area contributed by atoms with Crippen molar-refractivity contribution in [2.45, 2.75) is 33.2 Å². The van der Waals surface area contributed by atoms with Gasteiger partial charge in [-0.1, -0.05) is 31.5 Å². The normalized spacial score (nSPS) is 15.7. The van der Waals surface area contributed by atoms with Gasteiger partial charge in [0.1, 0.15) is 6.04 Å². The third kappa shape index (κ3) is 7.87. The number of aryl methyl sites for hydroxylation is 1. The van der Waals surface area contributed by atoms with Crippen molar-refractivity contribution in [2.24, 2.45) is 5.92 Å². The van der Waals surface area contributed by atoms with Crippen LogP contribution in [-0.4, -0.2) is 62.0 Å². The van der Waals surface area contributed by atoms with Gasteiger partial charge in [0.15, 0.2) is 0 Å². The summed E-state index contributed by atoms with van der Waals surface area (Å²) in [6.45, 7) is 11.7. The van der Waals surface area contributed by atoms with Crippen LogP contribution in [0.3, 0.4) is 0 Å². The number of carbonyl (C=O) groups excluding carboxylic acids is 2. The van der Waals surface area contributed by atoms with Gasteiger partial charge >= 0.3 is 0 Å². The van der Waals surface area contributed by atoms with Gasteiger partial charge in [0, 0.05) is 38.3 Å². The lowest BCUT2D eigenvalue weighted by Gasteiger charge is -2.27. The van der Waals surface area contributed by atoms with Crippen LogP contribution in [0.1, 0.15) is 36.2 Å². The second-order valence-corrected chi connectivity index (χ2v) is 7.30. The van der Waals surface area contributed by atoms with Crippen LogP contribution in [0, 0.1) is 12.8 Å². The maximum atomic E-state index is 12.5. The SMILES string of the molecule is Cc1cccc(C(=O)NC(C(=O)NCCCN2CCNCC2)C(C)C)c1.Cl. The molecule has 2 amide bonds. The van der Waals surface area contributed by atoms with E-state index in [1.165, 1.54) is 0 Å². The molecule has 0 aliphatic carbocycles. The molecule has 7 heteroatoms. The van der Waals surface area contributed by atoms with Gasteiger partial charge in [-0.15, -0.1) is 12.4 Å². The Labute approximate surface area is 168 Å². The van der Waals surface area contributed by atoms with Crippen molar-refractivity contribution in [3.05, 3.63) is 35.4 Å². The zero-order chi connectivity index (χ0) is 18.9. The van der Waals surface area contributed by atoms with Crippen molar-refractivity contribution >= 4 is 24.2 Å². The summed E-state index contributed by atoms with van der Waals surface area (Å²) in [6.07, 6.45) is 0.919. The van der Waals surface area contributed by atoms with Crippen molar-refractivity contribution in [2.75, 3.05) is 39.3 Å². The molecule has 2 rings (SSSR count). The molecule has 1 fully saturated rings. The Morgan fingerprint density at radius 3 is 2.56 bits per heavy atom. The Morgan fingerprint density at radius 2 is 1.93 bits per heavy atom. The van der Waals surface area contributed by atoms with Gasteiger partial charge in [-0.2, -0.15) is 0 Å². The van der Waals surface area contributed by atoms with E-state index in [0.29, 0.717) is 12.1 Å². The van der Waals surface area contributed by atoms with Crippen LogP contribution < -0.4 is 16.0 Å². The summed E-state index contributed by atoms with van der Waals surface area (Å²) in [6, 6.07) is 6.87. The molecule has 6 nitrogen and oxygen atoms in total. The summed E-state index contributed by atoms with van der Waals surface area (Å²) in [5.41, 5.74) is 1.61. The number of amides is 2. The van der Waals surface area contributed by atoms with E-state index in [2.05, 4.69) is 20.9 Å². The molecule has 152 valence electrons. The minimum atomic E-state index is -0.526. The van der Waals surface area contributed by atoms with E-state index in [-0.39, 0.29) is 30.1 Å². The van der Waals surface area contributed by atoms with Crippen LogP contribution in [0.25, 0.3) is 0 Å². The maximum Gasteiger partial charge on any atom is 0.251 e. The molecule has 1 aromatic carbocycles. The van der Waals surface area contributed by atoms with E-state index in [9.17, 15) is 9.59 Å². The number of hydrogen-bond donors (Lipinski definition) is 3. The maximum absolute atomic E-state index is 12.5. The van der Waals surface area contributed by atoms with Crippen LogP contribution in [-0.2, 0) is 4.79 Å². The van der Waals surface area contributed by atoms with Crippen molar-refractivity contribution in [1.29, 1.82) is 0 Å². The molecule has 1 unspecified atom stereocenters. The molecule has 0 spiro atoms. The van der Waals surface area contributed by atoms with Crippen molar-refractivity contribution < 1.29 is 9.59 Å². The van der Waals surface area contributed by atoms with Gasteiger partial charge in [0.05, 0.1) is 0 Å². The molecule has 1 heterocycles. The topological polar surface area (TPSA) is 73.5 Å². The highest BCUT2D eigenvalue weighted by atomic mass is 35.5. The average Bonchev–Trinajstić information content (AvgIpc) is 2.63. The molecule has 1 aromatic rings. The Morgan fingerprint density at radius 1 is 1.22 bits per heavy atom. The van der Waals surface area contributed by atoms with E-state index in [4.69, 9.17) is 0 Å². The van der Waals surface area contributed by atoms with Gasteiger partial charge in [0.2, 0.25) is 5.91 Å². The first kappa shape index (κ1) is 23.4. The van der Waals surface area contributed by atoms with Gasteiger partial charge in [-0.05, 0) is 37.9 Å². The number of piperazine rings is 1. The summed E-state index contributed by atoms with van der Waals surface area (Å²) >= 11 is 0. The van der Waals surface area contributed by atoms with Crippen LogP contribution in [0.2, 0.25) is 0 Å². The largest absolute Gasteiger partial charge is 0.354 e. The summed E-state index contributed by atoms with van der Waals surface area (Å²) in [4.78, 5) is 27.4. The summed E-state index contributed by atoms with van der Waals surface area (Å²) in [5.74, 6) is -0.290. The Hall–Kier alpha value is -1.63. The Kier molecular flexibility index (Phi) is 10.4. The van der Waals surface area contributed by atoms with Crippen LogP contribution >= 0.6 is 12.4 Å². The highest BCUT2D eigenvalue weighted by molar-refractivity contribution is 5.97. The predicted molar refractivity (Wildman–Crippen MR) is 111 cm³/mol. The molecule has 0 saturated carbocycles. The molecule has 3 N–H and O–H groups in total. The first-order valence-electron chi connectivity index (χ1n) is 9.55. The monoisotopic (exact) mass is 396 g/mol. The summed E-state index contributed by atoms with van der Waals surface area (Å²) in [5, 5.41) is 9.19. The molecule has 0 bridgehead atoms. The second kappa shape index (κ2) is 12.0. The fourth-order valence-corrected chi connectivity index (χ4v) is 3.10. The minimum Gasteiger partial charge on any atom is -0.354 e. The number of rotatable bonds is 8. The van der Waals surface area contributed by atoms with E-state index in [1.54, 1.807) is 6.07 Å². The molecular formula is C20H33ClN4O2. The van der Waals surface area contributed by atoms with Gasteiger partial charge in [-0.25, -0.2) is 0 Å². The zero-order valence-corrected chi connectivity index (χ0v) is 17.4. The van der Waals surface area contributed by atoms with Crippen molar-refractivity contribution in [3.8, 4) is 0 Å². The molecule has 1 atom stereocenters. The lowest BCUT2D eigenvalue weighted by Crippen LogP contribution is -2.50. The van der Waals surface area contributed by atoms with E-state index in [1.807, 2.05) is 39.0 Å². The number of halogens is 1. The van der Waals surface area contributed by atoms with E-state index < -0.39 is 6.04 Å². The smallest absolute Gasteiger partial charge is 0.251 e. The molecule has 0 radical (unpaired) electrons. The predicted octanol–water partition coefficient (Wildman–Crippen LogP) is 1.58. The minimum absolute atomic E-state index is 0. The highest BCUT2D eigenvalue weighted by Crippen LogP contribution is 2.07. The molecule has 0 aromatic heterocycles. The third-order valence-electron chi connectivity index (χ3n) is 4.68. The Bertz CT molecular complexity index is 603. The van der Waals surface area contributed by atoms with Crippen LogP contribution in [0.5, 0.6) is 0 Å². The summed E-state index contributed by atoms with van der Waals surface area (Å²) in [7, 11) is 0.